The van der Waals surface area contributed by atoms with Crippen molar-refractivity contribution in [2.24, 2.45) is 7.05 Å². The number of rotatable bonds is 7. The summed E-state index contributed by atoms with van der Waals surface area (Å²) in [7, 11) is 1.68. The molecule has 1 N–H and O–H groups in total. The summed E-state index contributed by atoms with van der Waals surface area (Å²) in [5.74, 6) is 0.0544. The second-order valence-electron chi connectivity index (χ2n) is 6.66. The Bertz CT molecular complexity index is 1020. The average molecular weight is 417 g/mol. The zero-order chi connectivity index (χ0) is 20.3. The first-order chi connectivity index (χ1) is 13.4. The monoisotopic (exact) mass is 416 g/mol. The minimum atomic E-state index is -0.131. The molecule has 28 heavy (non-hydrogen) atoms. The molecule has 0 spiro atoms. The minimum absolute atomic E-state index is 0.0795. The number of thiophene rings is 1. The maximum absolute atomic E-state index is 12.3. The van der Waals surface area contributed by atoms with Crippen LogP contribution in [-0.2, 0) is 11.8 Å². The fourth-order valence-electron chi connectivity index (χ4n) is 3.01. The van der Waals surface area contributed by atoms with Crippen LogP contribution in [0.5, 0.6) is 0 Å². The summed E-state index contributed by atoms with van der Waals surface area (Å²) in [6.45, 7) is 7.37. The molecule has 0 fully saturated rings. The van der Waals surface area contributed by atoms with Gasteiger partial charge in [-0.15, -0.1) is 11.3 Å². The Labute approximate surface area is 172 Å². The van der Waals surface area contributed by atoms with Crippen LogP contribution in [0.15, 0.2) is 45.7 Å². The molecule has 0 bridgehead atoms. The van der Waals surface area contributed by atoms with Gasteiger partial charge >= 0.3 is 0 Å². The maximum atomic E-state index is 12.3. The first-order valence-electron chi connectivity index (χ1n) is 9.14. The summed E-state index contributed by atoms with van der Waals surface area (Å²) in [5, 5.41) is 5.29. The van der Waals surface area contributed by atoms with Crippen LogP contribution >= 0.6 is 23.1 Å². The molecule has 0 atom stereocenters. The lowest BCUT2D eigenvalue weighted by molar-refractivity contribution is -0.113. The highest BCUT2D eigenvalue weighted by Crippen LogP contribution is 2.22. The standard InChI is InChI=1S/C20H24N4O2S2/c1-5-24(13(2)3)15-8-6-14(7-9-15)21-17(25)12-28-20-22-16-10-11-27-18(16)19(26)23(20)4/h6-11,13H,5,12H2,1-4H3,(H,21,25). The molecule has 3 aromatic rings. The number of amides is 1. The topological polar surface area (TPSA) is 67.2 Å². The number of benzene rings is 1. The van der Waals surface area contributed by atoms with Crippen LogP contribution in [0.2, 0.25) is 0 Å². The molecule has 0 aliphatic heterocycles. The van der Waals surface area contributed by atoms with Crippen LogP contribution in [-0.4, -0.2) is 33.8 Å². The Morgan fingerprint density at radius 1 is 1.29 bits per heavy atom. The van der Waals surface area contributed by atoms with Crippen LogP contribution in [0.4, 0.5) is 11.4 Å². The molecule has 0 unspecified atom stereocenters. The quantitative estimate of drug-likeness (QED) is 0.466. The van der Waals surface area contributed by atoms with E-state index >= 15 is 0 Å². The Morgan fingerprint density at radius 2 is 2.00 bits per heavy atom. The highest BCUT2D eigenvalue weighted by Gasteiger charge is 2.12. The van der Waals surface area contributed by atoms with E-state index in [0.717, 1.165) is 17.9 Å². The molecule has 0 radical (unpaired) electrons. The molecule has 0 aliphatic carbocycles. The largest absolute Gasteiger partial charge is 0.369 e. The van der Waals surface area contributed by atoms with Gasteiger partial charge in [0.1, 0.15) is 4.70 Å². The van der Waals surface area contributed by atoms with E-state index in [0.29, 0.717) is 21.4 Å². The molecule has 6 nitrogen and oxygen atoms in total. The first kappa shape index (κ1) is 20.4. The van der Waals surface area contributed by atoms with Gasteiger partial charge in [0.05, 0.1) is 11.3 Å². The highest BCUT2D eigenvalue weighted by atomic mass is 32.2. The molecule has 148 valence electrons. The lowest BCUT2D eigenvalue weighted by Gasteiger charge is -2.27. The van der Waals surface area contributed by atoms with Crippen molar-refractivity contribution >= 4 is 50.6 Å². The van der Waals surface area contributed by atoms with E-state index in [1.807, 2.05) is 35.7 Å². The van der Waals surface area contributed by atoms with Gasteiger partial charge in [-0.1, -0.05) is 11.8 Å². The fraction of sp³-hybridized carbons (Fsp3) is 0.350. The predicted octanol–water partition coefficient (Wildman–Crippen LogP) is 3.96. The lowest BCUT2D eigenvalue weighted by atomic mass is 10.2. The third-order valence-electron chi connectivity index (χ3n) is 4.43. The van der Waals surface area contributed by atoms with Gasteiger partial charge in [-0.3, -0.25) is 14.2 Å². The van der Waals surface area contributed by atoms with Crippen molar-refractivity contribution in [2.45, 2.75) is 32.0 Å². The second kappa shape index (κ2) is 8.79. The number of carbonyl (C=O) groups excluding carboxylic acids is 1. The van der Waals surface area contributed by atoms with Crippen molar-refractivity contribution in [3.63, 3.8) is 0 Å². The van der Waals surface area contributed by atoms with Gasteiger partial charge in [0.25, 0.3) is 5.56 Å². The number of hydrogen-bond acceptors (Lipinski definition) is 6. The van der Waals surface area contributed by atoms with Gasteiger partial charge in [-0.05, 0) is 56.5 Å². The van der Waals surface area contributed by atoms with E-state index < -0.39 is 0 Å². The summed E-state index contributed by atoms with van der Waals surface area (Å²) < 4.78 is 2.13. The van der Waals surface area contributed by atoms with Crippen molar-refractivity contribution in [3.05, 3.63) is 46.1 Å². The Balaban J connectivity index is 1.63. The first-order valence-corrected chi connectivity index (χ1v) is 11.0. The van der Waals surface area contributed by atoms with Crippen molar-refractivity contribution in [3.8, 4) is 0 Å². The van der Waals surface area contributed by atoms with E-state index in [2.05, 4.69) is 36.0 Å². The van der Waals surface area contributed by atoms with Crippen molar-refractivity contribution in [2.75, 3.05) is 22.5 Å². The number of nitrogens with one attached hydrogen (secondary N) is 1. The van der Waals surface area contributed by atoms with Gasteiger partial charge in [0.2, 0.25) is 5.91 Å². The van der Waals surface area contributed by atoms with Crippen LogP contribution in [0.1, 0.15) is 20.8 Å². The van der Waals surface area contributed by atoms with E-state index in [1.54, 1.807) is 7.05 Å². The highest BCUT2D eigenvalue weighted by molar-refractivity contribution is 7.99. The molecule has 3 rings (SSSR count). The van der Waals surface area contributed by atoms with Crippen LogP contribution < -0.4 is 15.8 Å². The molecule has 0 aliphatic rings. The van der Waals surface area contributed by atoms with Gasteiger partial charge < -0.3 is 10.2 Å². The van der Waals surface area contributed by atoms with E-state index in [1.165, 1.54) is 27.7 Å². The number of hydrogen-bond donors (Lipinski definition) is 1. The van der Waals surface area contributed by atoms with Gasteiger partial charge in [-0.25, -0.2) is 4.98 Å². The Morgan fingerprint density at radius 3 is 2.64 bits per heavy atom. The minimum Gasteiger partial charge on any atom is -0.369 e. The van der Waals surface area contributed by atoms with E-state index in [4.69, 9.17) is 0 Å². The molecule has 1 aromatic carbocycles. The molecule has 8 heteroatoms. The predicted molar refractivity (Wildman–Crippen MR) is 119 cm³/mol. The normalized spacial score (nSPS) is 11.2. The van der Waals surface area contributed by atoms with E-state index in [-0.39, 0.29) is 17.2 Å². The zero-order valence-electron chi connectivity index (χ0n) is 16.4. The number of aromatic nitrogens is 2. The van der Waals surface area contributed by atoms with Crippen molar-refractivity contribution < 1.29 is 4.79 Å². The summed E-state index contributed by atoms with van der Waals surface area (Å²) >= 11 is 2.64. The number of nitrogens with zero attached hydrogens (tertiary/aromatic N) is 3. The fourth-order valence-corrected chi connectivity index (χ4v) is 4.58. The zero-order valence-corrected chi connectivity index (χ0v) is 18.1. The molecular weight excluding hydrogens is 392 g/mol. The van der Waals surface area contributed by atoms with Gasteiger partial charge in [0, 0.05) is 31.0 Å². The smallest absolute Gasteiger partial charge is 0.271 e. The van der Waals surface area contributed by atoms with Crippen LogP contribution in [0.3, 0.4) is 0 Å². The molecule has 0 saturated carbocycles. The number of fused-ring (bicyclic) bond motifs is 1. The molecular formula is C20H24N4O2S2. The second-order valence-corrected chi connectivity index (χ2v) is 8.52. The summed E-state index contributed by atoms with van der Waals surface area (Å²) in [4.78, 5) is 31.4. The average Bonchev–Trinajstić information content (AvgIpc) is 3.14. The Hall–Kier alpha value is -2.32. The number of anilines is 2. The van der Waals surface area contributed by atoms with Gasteiger partial charge in [-0.2, -0.15) is 0 Å². The maximum Gasteiger partial charge on any atom is 0.271 e. The third-order valence-corrected chi connectivity index (χ3v) is 6.35. The summed E-state index contributed by atoms with van der Waals surface area (Å²) in [5.41, 5.74) is 2.48. The molecule has 0 saturated heterocycles. The van der Waals surface area contributed by atoms with Gasteiger partial charge in [0.15, 0.2) is 5.16 Å². The van der Waals surface area contributed by atoms with Crippen LogP contribution in [0, 0.1) is 0 Å². The number of carbonyl (C=O) groups is 1. The summed E-state index contributed by atoms with van der Waals surface area (Å²) in [6, 6.07) is 10.1. The summed E-state index contributed by atoms with van der Waals surface area (Å²) in [6.07, 6.45) is 0. The van der Waals surface area contributed by atoms with Crippen molar-refractivity contribution in [1.29, 1.82) is 0 Å². The third kappa shape index (κ3) is 4.39. The Kier molecular flexibility index (Phi) is 6.41. The molecule has 1 amide bonds. The molecule has 2 aromatic heterocycles. The SMILES string of the molecule is CCN(c1ccc(NC(=O)CSc2nc3ccsc3c(=O)n2C)cc1)C(C)C. The number of thioether (sulfide) groups is 1. The van der Waals surface area contributed by atoms with Crippen LogP contribution in [0.25, 0.3) is 10.2 Å². The molecule has 2 heterocycles. The van der Waals surface area contributed by atoms with Crippen molar-refractivity contribution in [1.82, 2.24) is 9.55 Å². The van der Waals surface area contributed by atoms with E-state index in [9.17, 15) is 9.59 Å². The lowest BCUT2D eigenvalue weighted by Crippen LogP contribution is -2.30.